The van der Waals surface area contributed by atoms with Gasteiger partial charge in [0.15, 0.2) is 0 Å². The van der Waals surface area contributed by atoms with Crippen molar-refractivity contribution in [2.24, 2.45) is 40.7 Å². The normalized spacial score (nSPS) is 14.6. The van der Waals surface area contributed by atoms with Crippen molar-refractivity contribution in [2.45, 2.75) is 204 Å². The van der Waals surface area contributed by atoms with Gasteiger partial charge in [0.05, 0.1) is 32.0 Å². The van der Waals surface area contributed by atoms with E-state index in [1.54, 1.807) is 74.5 Å². The van der Waals surface area contributed by atoms with Gasteiger partial charge in [0.1, 0.15) is 66.5 Å². The van der Waals surface area contributed by atoms with Crippen LogP contribution in [0.4, 0.5) is 0 Å². The lowest BCUT2D eigenvalue weighted by Crippen LogP contribution is -2.61. The molecule has 0 radical (unpaired) electrons. The molecule has 2 aromatic rings. The van der Waals surface area contributed by atoms with Gasteiger partial charge in [-0.1, -0.05) is 109 Å². The Bertz CT molecular complexity index is 3200. The van der Waals surface area contributed by atoms with E-state index in [1.807, 2.05) is 13.8 Å². The van der Waals surface area contributed by atoms with Gasteiger partial charge in [-0.25, -0.2) is 4.79 Å². The summed E-state index contributed by atoms with van der Waals surface area (Å²) in [6.45, 7) is 9.59. The molecule has 0 bridgehead atoms. The second kappa shape index (κ2) is 46.3. The molecule has 0 aliphatic heterocycles. The Morgan fingerprint density at radius 3 is 1.30 bits per heavy atom. The van der Waals surface area contributed by atoms with Crippen LogP contribution in [0.1, 0.15) is 130 Å². The first-order valence-corrected chi connectivity index (χ1v) is 33.9. The van der Waals surface area contributed by atoms with Gasteiger partial charge < -0.3 is 107 Å². The molecular weight excluding hydrogens is 1350 g/mol. The van der Waals surface area contributed by atoms with Crippen molar-refractivity contribution in [3.05, 3.63) is 71.8 Å². The van der Waals surface area contributed by atoms with Crippen LogP contribution in [-0.2, 0) is 89.6 Å². The summed E-state index contributed by atoms with van der Waals surface area (Å²) in [7, 11) is 0. The molecule has 0 heterocycles. The van der Waals surface area contributed by atoms with E-state index in [0.29, 0.717) is 49.8 Å². The summed E-state index contributed by atoms with van der Waals surface area (Å²) in [5.41, 5.74) is 23.5. The maximum atomic E-state index is 14.7. The largest absolute Gasteiger partial charge is 0.481 e. The van der Waals surface area contributed by atoms with Crippen LogP contribution < -0.4 is 86.7 Å². The quantitative estimate of drug-likeness (QED) is 0.0276. The maximum absolute atomic E-state index is 14.7. The minimum atomic E-state index is -2.05. The summed E-state index contributed by atoms with van der Waals surface area (Å²) in [5, 5.41) is 67.8. The fourth-order valence-electron chi connectivity index (χ4n) is 10.1. The van der Waals surface area contributed by atoms with E-state index in [0.717, 1.165) is 0 Å². The van der Waals surface area contributed by atoms with Crippen LogP contribution in [0, 0.1) is 17.8 Å². The predicted octanol–water partition coefficient (Wildman–Crippen LogP) is -4.82. The van der Waals surface area contributed by atoms with Crippen molar-refractivity contribution in [2.75, 3.05) is 26.2 Å². The minimum Gasteiger partial charge on any atom is -0.481 e. The molecule has 12 atom stereocenters. The van der Waals surface area contributed by atoms with E-state index in [-0.39, 0.29) is 38.1 Å². The van der Waals surface area contributed by atoms with Gasteiger partial charge in [0.2, 0.25) is 76.8 Å². The van der Waals surface area contributed by atoms with Crippen LogP contribution in [0.25, 0.3) is 0 Å². The van der Waals surface area contributed by atoms with E-state index >= 15 is 0 Å². The Morgan fingerprint density at radius 1 is 0.408 bits per heavy atom. The number of carbonyl (C=O) groups excluding carboxylic acids is 13. The topological polar surface area (TPSA) is 602 Å². The number of hydrogen-bond acceptors (Lipinski definition) is 20. The van der Waals surface area contributed by atoms with Crippen LogP contribution in [-0.4, -0.2) is 214 Å². The van der Waals surface area contributed by atoms with Crippen LogP contribution in [0.5, 0.6) is 0 Å². The molecule has 0 fully saturated rings. The molecule has 2 rings (SSSR count). The number of rotatable bonds is 49. The molecule has 0 unspecified atom stereocenters. The third-order valence-corrected chi connectivity index (χ3v) is 15.9. The minimum absolute atomic E-state index is 0.0637. The number of benzene rings is 2. The van der Waals surface area contributed by atoms with Crippen molar-refractivity contribution < 1.29 is 97.1 Å². The number of carboxylic acid groups (broad SMARTS) is 3. The molecule has 0 spiro atoms. The Kier molecular flexibility index (Phi) is 40.0. The van der Waals surface area contributed by atoms with Crippen molar-refractivity contribution in [3.8, 4) is 0 Å². The number of aliphatic hydroxyl groups is 1. The van der Waals surface area contributed by atoms with Crippen molar-refractivity contribution in [3.63, 3.8) is 0 Å². The van der Waals surface area contributed by atoms with E-state index in [1.165, 1.54) is 20.8 Å². The fourth-order valence-corrected chi connectivity index (χ4v) is 10.1. The number of primary amides is 1. The van der Waals surface area contributed by atoms with Crippen molar-refractivity contribution in [1.82, 2.24) is 63.8 Å². The smallest absolute Gasteiger partial charge is 0.326 e. The predicted molar refractivity (Wildman–Crippen MR) is 371 cm³/mol. The van der Waals surface area contributed by atoms with Gasteiger partial charge in [0.25, 0.3) is 0 Å². The highest BCUT2D eigenvalue weighted by Gasteiger charge is 2.38. The SMILES string of the molecule is CC(C)C[C@@H](NC(=O)[C@H](N)CCCCN)C(=O)N[C@@H](C(=O)N[C@H](Cc1ccccc1)C(=O)N[C@H](Cc1ccccc1)C(=O)N[C@H](C)C(=O)N[C@@H](CCC(=O)O)C(=O)N[C@@H](CC(=O)O)C(=O)N[C@H](C(=O)NCC(=O)N[C@@H](CO)C(=O)N[C@@H](CC(N)=O)C(=O)N[C@@H](CCCCN)C(=O)O)C(C)C)C(C)C. The van der Waals surface area contributed by atoms with Crippen LogP contribution in [0.3, 0.4) is 0 Å². The number of hydrogen-bond donors (Lipinski definition) is 20. The zero-order valence-electron chi connectivity index (χ0n) is 59.1. The number of nitrogens with two attached hydrogens (primary N) is 4. The molecule has 13 amide bonds. The first-order chi connectivity index (χ1) is 48.5. The fraction of sp³-hybridized carbons (Fsp3) is 0.582. The van der Waals surface area contributed by atoms with Crippen LogP contribution >= 0.6 is 0 Å². The highest BCUT2D eigenvalue weighted by molar-refractivity contribution is 6.00. The van der Waals surface area contributed by atoms with Gasteiger partial charge in [-0.05, 0) is 93.8 Å². The summed E-state index contributed by atoms with van der Waals surface area (Å²) in [4.78, 5) is 213. The summed E-state index contributed by atoms with van der Waals surface area (Å²) in [5.74, 6) is -19.4. The molecule has 0 saturated carbocycles. The summed E-state index contributed by atoms with van der Waals surface area (Å²) in [6, 6.07) is -1.62. The molecule has 572 valence electrons. The number of amides is 13. The first-order valence-electron chi connectivity index (χ1n) is 33.9. The average Bonchev–Trinajstić information content (AvgIpc) is 0.866. The molecule has 0 aliphatic rings. The van der Waals surface area contributed by atoms with Crippen molar-refractivity contribution >= 4 is 94.7 Å². The van der Waals surface area contributed by atoms with Gasteiger partial charge in [0, 0.05) is 19.3 Å². The maximum Gasteiger partial charge on any atom is 0.326 e. The number of carbonyl (C=O) groups is 16. The molecular formula is C67H104N16O20. The van der Waals surface area contributed by atoms with Crippen LogP contribution in [0.2, 0.25) is 0 Å². The standard InChI is InChI=1S/C67H104N16O20/c1-35(2)28-44(77-57(92)41(70)22-14-16-26-68)62(97)83-55(37(5)6)66(101)81-46(30-40-20-12-9-13-21-40)60(95)78-45(29-39-18-10-8-11-19-39)59(94)73-38(7)56(91)75-42(24-25-52(87)88)58(93)80-48(32-53(89)90)63(98)82-54(36(3)4)65(100)72-33-51(86)74-49(34-84)64(99)79-47(31-50(71)85)61(96)76-43(67(102)103)23-15-17-27-69/h8-13,18-21,35-38,41-49,54-55,84H,14-17,22-34,68-70H2,1-7H3,(H2,71,85)(H,72,100)(H,73,94)(H,74,86)(H,75,91)(H,76,96)(H,77,92)(H,78,95)(H,79,99)(H,80,93)(H,81,101)(H,82,98)(H,83,97)(H,87,88)(H,89,90)(H,102,103)/t38-,41-,42+,43+,44-,45-,46-,47+,48+,49+,54+,55-/m1/s1. The lowest BCUT2D eigenvalue weighted by atomic mass is 9.98. The van der Waals surface area contributed by atoms with Gasteiger partial charge in [-0.3, -0.25) is 71.9 Å². The molecule has 24 N–H and O–H groups in total. The zero-order valence-corrected chi connectivity index (χ0v) is 59.1. The van der Waals surface area contributed by atoms with E-state index in [4.69, 9.17) is 22.9 Å². The summed E-state index contributed by atoms with van der Waals surface area (Å²) < 4.78 is 0. The second-order valence-electron chi connectivity index (χ2n) is 25.9. The Hall–Kier alpha value is -10.2. The molecule has 36 nitrogen and oxygen atoms in total. The third-order valence-electron chi connectivity index (χ3n) is 15.9. The monoisotopic (exact) mass is 1450 g/mol. The number of aliphatic hydroxyl groups excluding tert-OH is 1. The van der Waals surface area contributed by atoms with Gasteiger partial charge in [-0.2, -0.15) is 0 Å². The number of carboxylic acids is 3. The first kappa shape index (κ1) is 88.9. The summed E-state index contributed by atoms with van der Waals surface area (Å²) >= 11 is 0. The van der Waals surface area contributed by atoms with Crippen molar-refractivity contribution in [1.29, 1.82) is 0 Å². The van der Waals surface area contributed by atoms with Crippen LogP contribution in [0.15, 0.2) is 60.7 Å². The highest BCUT2D eigenvalue weighted by Crippen LogP contribution is 2.14. The number of aliphatic carboxylic acids is 3. The molecule has 103 heavy (non-hydrogen) atoms. The zero-order chi connectivity index (χ0) is 77.6. The van der Waals surface area contributed by atoms with E-state index in [2.05, 4.69) is 63.8 Å². The molecule has 2 aromatic carbocycles. The highest BCUT2D eigenvalue weighted by atomic mass is 16.4. The number of nitrogens with one attached hydrogen (secondary N) is 12. The molecule has 36 heteroatoms. The Balaban J connectivity index is 2.37. The Morgan fingerprint density at radius 2 is 0.825 bits per heavy atom. The third kappa shape index (κ3) is 33.9. The number of unbranched alkanes of at least 4 members (excludes halogenated alkanes) is 2. The molecule has 0 saturated heterocycles. The van der Waals surface area contributed by atoms with E-state index < -0.39 is 218 Å². The molecule has 0 aromatic heterocycles. The van der Waals surface area contributed by atoms with Gasteiger partial charge >= 0.3 is 17.9 Å². The average molecular weight is 1450 g/mol. The van der Waals surface area contributed by atoms with E-state index in [9.17, 15) is 97.1 Å². The lowest BCUT2D eigenvalue weighted by molar-refractivity contribution is -0.143. The lowest BCUT2D eigenvalue weighted by Gasteiger charge is -2.29. The molecule has 0 aliphatic carbocycles. The summed E-state index contributed by atoms with van der Waals surface area (Å²) in [6.07, 6.45) is -1.44. The van der Waals surface area contributed by atoms with Gasteiger partial charge in [-0.15, -0.1) is 0 Å². The Labute approximate surface area is 596 Å². The second-order valence-corrected chi connectivity index (χ2v) is 25.9.